The van der Waals surface area contributed by atoms with Gasteiger partial charge >= 0.3 is 0 Å². The van der Waals surface area contributed by atoms with E-state index in [4.69, 9.17) is 4.98 Å². The Bertz CT molecular complexity index is 1100. The Labute approximate surface area is 181 Å². The number of para-hydroxylation sites is 2. The van der Waals surface area contributed by atoms with Crippen LogP contribution in [0, 0.1) is 19.8 Å². The van der Waals surface area contributed by atoms with Crippen LogP contribution >= 0.6 is 11.8 Å². The summed E-state index contributed by atoms with van der Waals surface area (Å²) in [5.74, 6) is 0.362. The number of nitrogens with one attached hydrogen (secondary N) is 1. The fourth-order valence-corrected chi connectivity index (χ4v) is 4.20. The van der Waals surface area contributed by atoms with Crippen LogP contribution in [0.4, 0.5) is 5.69 Å². The molecule has 0 spiro atoms. The predicted octanol–water partition coefficient (Wildman–Crippen LogP) is 5.18. The van der Waals surface area contributed by atoms with Gasteiger partial charge < -0.3 is 5.32 Å². The van der Waals surface area contributed by atoms with Gasteiger partial charge in [0.25, 0.3) is 5.56 Å². The minimum atomic E-state index is -0.401. The van der Waals surface area contributed by atoms with E-state index in [0.717, 1.165) is 23.2 Å². The van der Waals surface area contributed by atoms with Crippen molar-refractivity contribution >= 4 is 34.3 Å². The molecule has 0 aliphatic rings. The quantitative estimate of drug-likeness (QED) is 0.420. The van der Waals surface area contributed by atoms with Crippen LogP contribution in [-0.2, 0) is 11.3 Å². The van der Waals surface area contributed by atoms with Gasteiger partial charge in [0.2, 0.25) is 5.91 Å². The number of aryl methyl sites for hydroxylation is 2. The van der Waals surface area contributed by atoms with E-state index >= 15 is 0 Å². The molecule has 30 heavy (non-hydrogen) atoms. The molecular weight excluding hydrogens is 394 g/mol. The predicted molar refractivity (Wildman–Crippen MR) is 125 cm³/mol. The molecule has 0 radical (unpaired) electrons. The molecule has 0 saturated heterocycles. The van der Waals surface area contributed by atoms with Gasteiger partial charge in [-0.25, -0.2) is 4.98 Å². The first-order chi connectivity index (χ1) is 14.3. The highest BCUT2D eigenvalue weighted by Gasteiger charge is 2.20. The SMILES string of the molecule is Cc1cccc(C)c1NC(=O)[C@@H](C)Sc1nc2ccccc2c(=O)n1CCC(C)C. The molecule has 2 aromatic carbocycles. The second kappa shape index (κ2) is 9.47. The summed E-state index contributed by atoms with van der Waals surface area (Å²) in [7, 11) is 0. The molecule has 0 bridgehead atoms. The van der Waals surface area contributed by atoms with Crippen LogP contribution in [0.2, 0.25) is 0 Å². The van der Waals surface area contributed by atoms with Crippen LogP contribution in [0.1, 0.15) is 38.3 Å². The van der Waals surface area contributed by atoms with E-state index in [1.54, 1.807) is 4.57 Å². The van der Waals surface area contributed by atoms with Gasteiger partial charge in [-0.15, -0.1) is 0 Å². The zero-order chi connectivity index (χ0) is 21.8. The van der Waals surface area contributed by atoms with Crippen molar-refractivity contribution in [2.24, 2.45) is 5.92 Å². The van der Waals surface area contributed by atoms with E-state index in [0.29, 0.717) is 28.5 Å². The minimum absolute atomic E-state index is 0.0499. The van der Waals surface area contributed by atoms with E-state index in [2.05, 4.69) is 19.2 Å². The van der Waals surface area contributed by atoms with Crippen molar-refractivity contribution in [3.05, 3.63) is 63.9 Å². The second-order valence-corrected chi connectivity index (χ2v) is 9.37. The lowest BCUT2D eigenvalue weighted by molar-refractivity contribution is -0.115. The third kappa shape index (κ3) is 4.93. The third-order valence-corrected chi connectivity index (χ3v) is 6.23. The summed E-state index contributed by atoms with van der Waals surface area (Å²) in [6.07, 6.45) is 0.871. The van der Waals surface area contributed by atoms with Crippen molar-refractivity contribution in [2.75, 3.05) is 5.32 Å². The molecule has 158 valence electrons. The molecule has 3 rings (SSSR count). The summed E-state index contributed by atoms with van der Waals surface area (Å²) >= 11 is 1.33. The normalized spacial score (nSPS) is 12.3. The maximum absolute atomic E-state index is 13.1. The highest BCUT2D eigenvalue weighted by atomic mass is 32.2. The Morgan fingerprint density at radius 3 is 2.40 bits per heavy atom. The molecule has 1 heterocycles. The zero-order valence-electron chi connectivity index (χ0n) is 18.2. The lowest BCUT2D eigenvalue weighted by atomic mass is 10.1. The molecule has 3 aromatic rings. The Hall–Kier alpha value is -2.60. The maximum Gasteiger partial charge on any atom is 0.262 e. The molecule has 1 atom stereocenters. The monoisotopic (exact) mass is 423 g/mol. The van der Waals surface area contributed by atoms with Crippen molar-refractivity contribution in [1.82, 2.24) is 9.55 Å². The zero-order valence-corrected chi connectivity index (χ0v) is 19.0. The van der Waals surface area contributed by atoms with Crippen molar-refractivity contribution in [1.29, 1.82) is 0 Å². The smallest absolute Gasteiger partial charge is 0.262 e. The van der Waals surface area contributed by atoms with E-state index < -0.39 is 5.25 Å². The van der Waals surface area contributed by atoms with Gasteiger partial charge in [-0.3, -0.25) is 14.2 Å². The van der Waals surface area contributed by atoms with Crippen LogP contribution in [-0.4, -0.2) is 20.7 Å². The first-order valence-electron chi connectivity index (χ1n) is 10.3. The highest BCUT2D eigenvalue weighted by molar-refractivity contribution is 8.00. The van der Waals surface area contributed by atoms with Gasteiger partial charge in [0.05, 0.1) is 16.2 Å². The van der Waals surface area contributed by atoms with Crippen LogP contribution in [0.25, 0.3) is 10.9 Å². The number of carbonyl (C=O) groups is 1. The summed E-state index contributed by atoms with van der Waals surface area (Å²) in [5, 5.41) is 3.84. The number of carbonyl (C=O) groups excluding carboxylic acids is 1. The van der Waals surface area contributed by atoms with Crippen molar-refractivity contribution in [3.63, 3.8) is 0 Å². The van der Waals surface area contributed by atoms with Gasteiger partial charge in [0, 0.05) is 12.2 Å². The van der Waals surface area contributed by atoms with Crippen LogP contribution in [0.3, 0.4) is 0 Å². The van der Waals surface area contributed by atoms with Gasteiger partial charge in [-0.1, -0.05) is 55.9 Å². The second-order valence-electron chi connectivity index (χ2n) is 8.07. The molecular formula is C24H29N3O2S. The molecule has 5 nitrogen and oxygen atoms in total. The maximum atomic E-state index is 13.1. The number of hydrogen-bond acceptors (Lipinski definition) is 4. The summed E-state index contributed by atoms with van der Waals surface area (Å²) in [6.45, 7) is 10.7. The average molecular weight is 424 g/mol. The molecule has 0 fully saturated rings. The molecule has 0 aliphatic carbocycles. The van der Waals surface area contributed by atoms with Crippen LogP contribution in [0.15, 0.2) is 52.4 Å². The van der Waals surface area contributed by atoms with E-state index in [9.17, 15) is 9.59 Å². The molecule has 0 unspecified atom stereocenters. The number of rotatable bonds is 7. The van der Waals surface area contributed by atoms with Gasteiger partial charge in [0.15, 0.2) is 5.16 Å². The fraction of sp³-hybridized carbons (Fsp3) is 0.375. The number of nitrogens with zero attached hydrogens (tertiary/aromatic N) is 2. The molecule has 0 aliphatic heterocycles. The third-order valence-electron chi connectivity index (χ3n) is 5.14. The molecule has 0 saturated carbocycles. The van der Waals surface area contributed by atoms with E-state index in [1.807, 2.05) is 63.2 Å². The first-order valence-corrected chi connectivity index (χ1v) is 11.2. The summed E-state index contributed by atoms with van der Waals surface area (Å²) in [4.78, 5) is 30.7. The lowest BCUT2D eigenvalue weighted by Crippen LogP contribution is -2.27. The first kappa shape index (κ1) is 22.1. The highest BCUT2D eigenvalue weighted by Crippen LogP contribution is 2.26. The largest absolute Gasteiger partial charge is 0.325 e. The Morgan fingerprint density at radius 1 is 1.07 bits per heavy atom. The van der Waals surface area contributed by atoms with Gasteiger partial charge in [-0.05, 0) is 56.4 Å². The number of thioether (sulfide) groups is 1. The Morgan fingerprint density at radius 2 is 1.73 bits per heavy atom. The topological polar surface area (TPSA) is 64.0 Å². The van der Waals surface area contributed by atoms with Crippen molar-refractivity contribution < 1.29 is 4.79 Å². The Kier molecular flexibility index (Phi) is 6.98. The molecule has 1 amide bonds. The molecule has 1 aromatic heterocycles. The molecule has 6 heteroatoms. The van der Waals surface area contributed by atoms with Crippen molar-refractivity contribution in [2.45, 2.75) is 58.0 Å². The number of benzene rings is 2. The van der Waals surface area contributed by atoms with E-state index in [-0.39, 0.29) is 11.5 Å². The van der Waals surface area contributed by atoms with Crippen molar-refractivity contribution in [3.8, 4) is 0 Å². The number of hydrogen-bond donors (Lipinski definition) is 1. The Balaban J connectivity index is 1.90. The lowest BCUT2D eigenvalue weighted by Gasteiger charge is -2.18. The van der Waals surface area contributed by atoms with Gasteiger partial charge in [-0.2, -0.15) is 0 Å². The number of anilines is 1. The van der Waals surface area contributed by atoms with Crippen LogP contribution in [0.5, 0.6) is 0 Å². The van der Waals surface area contributed by atoms with Gasteiger partial charge in [0.1, 0.15) is 0 Å². The average Bonchev–Trinajstić information content (AvgIpc) is 2.70. The number of amides is 1. The molecule has 1 N–H and O–H groups in total. The number of fused-ring (bicyclic) bond motifs is 1. The standard InChI is InChI=1S/C24H29N3O2S/c1-15(2)13-14-27-23(29)19-11-6-7-12-20(19)25-24(27)30-18(5)22(28)26-21-16(3)9-8-10-17(21)4/h6-12,15,18H,13-14H2,1-5H3,(H,26,28)/t18-/m1/s1. The summed E-state index contributed by atoms with van der Waals surface area (Å²) < 4.78 is 1.72. The van der Waals surface area contributed by atoms with E-state index in [1.165, 1.54) is 11.8 Å². The minimum Gasteiger partial charge on any atom is -0.325 e. The summed E-state index contributed by atoms with van der Waals surface area (Å²) in [6, 6.07) is 13.3. The fourth-order valence-electron chi connectivity index (χ4n) is 3.27. The van der Waals surface area contributed by atoms with Crippen LogP contribution < -0.4 is 10.9 Å². The number of aromatic nitrogens is 2. The summed E-state index contributed by atoms with van der Waals surface area (Å²) in [5.41, 5.74) is 3.51.